The van der Waals surface area contributed by atoms with Crippen molar-refractivity contribution in [3.63, 3.8) is 0 Å². The molecule has 0 aliphatic heterocycles. The van der Waals surface area contributed by atoms with Gasteiger partial charge in [-0.3, -0.25) is 9.78 Å². The summed E-state index contributed by atoms with van der Waals surface area (Å²) in [7, 11) is 1.58. The van der Waals surface area contributed by atoms with Crippen LogP contribution in [0.5, 0.6) is 5.75 Å². The Morgan fingerprint density at radius 3 is 2.57 bits per heavy atom. The largest absolute Gasteiger partial charge is 0.496 e. The molecule has 0 spiro atoms. The lowest BCUT2D eigenvalue weighted by Gasteiger charge is -2.12. The van der Waals surface area contributed by atoms with Crippen LogP contribution in [-0.4, -0.2) is 30.6 Å². The van der Waals surface area contributed by atoms with Gasteiger partial charge in [0.25, 0.3) is 5.91 Å². The van der Waals surface area contributed by atoms with Crippen molar-refractivity contribution in [2.45, 2.75) is 13.8 Å². The van der Waals surface area contributed by atoms with Crippen LogP contribution in [0.2, 0.25) is 0 Å². The van der Waals surface area contributed by atoms with Gasteiger partial charge in [0.2, 0.25) is 0 Å². The van der Waals surface area contributed by atoms with Gasteiger partial charge in [-0.15, -0.1) is 11.3 Å². The maximum atomic E-state index is 12.7. The van der Waals surface area contributed by atoms with Gasteiger partial charge < -0.3 is 14.8 Å². The Bertz CT molecular complexity index is 999. The number of carbonyl (C=O) groups is 2. The maximum absolute atomic E-state index is 12.7. The predicted octanol–water partition coefficient (Wildman–Crippen LogP) is 4.56. The summed E-state index contributed by atoms with van der Waals surface area (Å²) >= 11 is 1.27. The smallest absolute Gasteiger partial charge is 0.341 e. The Labute approximate surface area is 167 Å². The third-order valence-corrected chi connectivity index (χ3v) is 4.98. The lowest BCUT2D eigenvalue weighted by molar-refractivity contribution is 0.0529. The van der Waals surface area contributed by atoms with Gasteiger partial charge in [-0.25, -0.2) is 4.79 Å². The number of aryl methyl sites for hydroxylation is 1. The van der Waals surface area contributed by atoms with E-state index in [0.717, 1.165) is 11.1 Å². The van der Waals surface area contributed by atoms with Gasteiger partial charge in [0.05, 0.1) is 13.7 Å². The summed E-state index contributed by atoms with van der Waals surface area (Å²) in [6, 6.07) is 8.95. The van der Waals surface area contributed by atoms with E-state index in [1.54, 1.807) is 38.6 Å². The van der Waals surface area contributed by atoms with E-state index in [0.29, 0.717) is 27.4 Å². The minimum atomic E-state index is -0.493. The van der Waals surface area contributed by atoms with E-state index in [-0.39, 0.29) is 12.5 Å². The highest BCUT2D eigenvalue weighted by Crippen LogP contribution is 2.40. The first kappa shape index (κ1) is 19.6. The molecule has 0 fully saturated rings. The maximum Gasteiger partial charge on any atom is 0.341 e. The molecule has 1 aromatic carbocycles. The van der Waals surface area contributed by atoms with E-state index in [1.165, 1.54) is 11.3 Å². The number of anilines is 1. The van der Waals surface area contributed by atoms with Crippen LogP contribution in [0.4, 0.5) is 5.00 Å². The fourth-order valence-electron chi connectivity index (χ4n) is 2.76. The van der Waals surface area contributed by atoms with Gasteiger partial charge in [0.15, 0.2) is 0 Å². The Morgan fingerprint density at radius 1 is 1.14 bits per heavy atom. The second-order valence-electron chi connectivity index (χ2n) is 5.97. The van der Waals surface area contributed by atoms with Gasteiger partial charge in [-0.1, -0.05) is 11.6 Å². The number of esters is 1. The van der Waals surface area contributed by atoms with Crippen molar-refractivity contribution in [1.29, 1.82) is 0 Å². The number of thiophene rings is 1. The third-order valence-electron chi connectivity index (χ3n) is 4.09. The van der Waals surface area contributed by atoms with Crippen molar-refractivity contribution < 1.29 is 19.1 Å². The highest BCUT2D eigenvalue weighted by Gasteiger charge is 2.24. The van der Waals surface area contributed by atoms with Crippen molar-refractivity contribution >= 4 is 28.2 Å². The number of hydrogen-bond acceptors (Lipinski definition) is 6. The fraction of sp³-hybridized carbons (Fsp3) is 0.190. The zero-order chi connectivity index (χ0) is 20.1. The SMILES string of the molecule is CCOC(=O)c1c(-c2cc(C)ccc2OC)csc1NC(=O)c1ccncc1. The number of hydrogen-bond donors (Lipinski definition) is 1. The molecular formula is C21H20N2O4S. The summed E-state index contributed by atoms with van der Waals surface area (Å²) in [5.41, 5.74) is 3.23. The Hall–Kier alpha value is -3.19. The van der Waals surface area contributed by atoms with Crippen molar-refractivity contribution in [2.24, 2.45) is 0 Å². The highest BCUT2D eigenvalue weighted by molar-refractivity contribution is 7.15. The number of ether oxygens (including phenoxy) is 2. The molecule has 2 aromatic heterocycles. The Morgan fingerprint density at radius 2 is 1.89 bits per heavy atom. The average molecular weight is 396 g/mol. The number of methoxy groups -OCH3 is 1. The number of benzene rings is 1. The summed E-state index contributed by atoms with van der Waals surface area (Å²) in [4.78, 5) is 29.2. The molecule has 0 unspecified atom stereocenters. The van der Waals surface area contributed by atoms with Gasteiger partial charge in [0, 0.05) is 34.5 Å². The molecule has 0 saturated carbocycles. The number of nitrogens with zero attached hydrogens (tertiary/aromatic N) is 1. The molecule has 2 heterocycles. The monoisotopic (exact) mass is 396 g/mol. The second-order valence-corrected chi connectivity index (χ2v) is 6.85. The zero-order valence-corrected chi connectivity index (χ0v) is 16.6. The lowest BCUT2D eigenvalue weighted by Crippen LogP contribution is -2.14. The van der Waals surface area contributed by atoms with Crippen molar-refractivity contribution in [3.8, 4) is 16.9 Å². The van der Waals surface area contributed by atoms with Crippen LogP contribution < -0.4 is 10.1 Å². The van der Waals surface area contributed by atoms with Crippen LogP contribution in [-0.2, 0) is 4.74 Å². The first-order valence-corrected chi connectivity index (χ1v) is 9.58. The van der Waals surface area contributed by atoms with Crippen LogP contribution in [0, 0.1) is 6.92 Å². The Balaban J connectivity index is 2.07. The summed E-state index contributed by atoms with van der Waals surface area (Å²) < 4.78 is 10.7. The van der Waals surface area contributed by atoms with Crippen LogP contribution >= 0.6 is 11.3 Å². The van der Waals surface area contributed by atoms with Crippen molar-refractivity contribution in [1.82, 2.24) is 4.98 Å². The Kier molecular flexibility index (Phi) is 6.06. The number of pyridine rings is 1. The molecule has 7 heteroatoms. The number of nitrogens with one attached hydrogen (secondary N) is 1. The molecule has 1 N–H and O–H groups in total. The van der Waals surface area contributed by atoms with E-state index in [9.17, 15) is 9.59 Å². The molecule has 3 rings (SSSR count). The molecule has 144 valence electrons. The van der Waals surface area contributed by atoms with Gasteiger partial charge in [-0.05, 0) is 38.1 Å². The first-order chi connectivity index (χ1) is 13.5. The second kappa shape index (κ2) is 8.67. The number of aromatic nitrogens is 1. The minimum absolute atomic E-state index is 0.233. The van der Waals surface area contributed by atoms with E-state index >= 15 is 0 Å². The van der Waals surface area contributed by atoms with Crippen molar-refractivity contribution in [2.75, 3.05) is 19.0 Å². The van der Waals surface area contributed by atoms with Crippen LogP contribution in [0.25, 0.3) is 11.1 Å². The normalized spacial score (nSPS) is 10.4. The lowest BCUT2D eigenvalue weighted by atomic mass is 10.0. The summed E-state index contributed by atoms with van der Waals surface area (Å²) in [6.07, 6.45) is 3.08. The molecule has 28 heavy (non-hydrogen) atoms. The average Bonchev–Trinajstić information content (AvgIpc) is 3.12. The van der Waals surface area contributed by atoms with Crippen LogP contribution in [0.3, 0.4) is 0 Å². The topological polar surface area (TPSA) is 77.5 Å². The quantitative estimate of drug-likeness (QED) is 0.618. The molecule has 0 atom stereocenters. The highest BCUT2D eigenvalue weighted by atomic mass is 32.1. The summed E-state index contributed by atoms with van der Waals surface area (Å²) in [5.74, 6) is -0.175. The van der Waals surface area contributed by atoms with E-state index < -0.39 is 5.97 Å². The number of carbonyl (C=O) groups excluding carboxylic acids is 2. The molecule has 0 radical (unpaired) electrons. The zero-order valence-electron chi connectivity index (χ0n) is 15.8. The van der Waals surface area contributed by atoms with E-state index in [2.05, 4.69) is 10.3 Å². The molecule has 0 aliphatic rings. The number of amides is 1. The molecule has 1 amide bonds. The standard InChI is InChI=1S/C21H20N2O4S/c1-4-27-21(25)18-16(15-11-13(2)5-6-17(15)26-3)12-28-20(18)23-19(24)14-7-9-22-10-8-14/h5-12H,4H2,1-3H3,(H,23,24). The van der Waals surface area contributed by atoms with Crippen LogP contribution in [0.1, 0.15) is 33.2 Å². The predicted molar refractivity (Wildman–Crippen MR) is 109 cm³/mol. The van der Waals surface area contributed by atoms with E-state index in [1.807, 2.05) is 30.5 Å². The molecule has 0 aliphatic carbocycles. The van der Waals surface area contributed by atoms with Crippen LogP contribution in [0.15, 0.2) is 48.1 Å². The molecule has 3 aromatic rings. The van der Waals surface area contributed by atoms with E-state index in [4.69, 9.17) is 9.47 Å². The minimum Gasteiger partial charge on any atom is -0.496 e. The van der Waals surface area contributed by atoms with Gasteiger partial charge in [0.1, 0.15) is 16.3 Å². The van der Waals surface area contributed by atoms with Gasteiger partial charge in [-0.2, -0.15) is 0 Å². The van der Waals surface area contributed by atoms with Crippen molar-refractivity contribution in [3.05, 3.63) is 64.8 Å². The fourth-order valence-corrected chi connectivity index (χ4v) is 3.71. The summed E-state index contributed by atoms with van der Waals surface area (Å²) in [6.45, 7) is 3.94. The molecule has 0 bridgehead atoms. The first-order valence-electron chi connectivity index (χ1n) is 8.70. The molecule has 0 saturated heterocycles. The number of rotatable bonds is 6. The summed E-state index contributed by atoms with van der Waals surface area (Å²) in [5, 5.41) is 5.07. The molecule has 6 nitrogen and oxygen atoms in total. The van der Waals surface area contributed by atoms with Gasteiger partial charge >= 0.3 is 5.97 Å². The third kappa shape index (κ3) is 4.04. The molecular weight excluding hydrogens is 376 g/mol.